The fraction of sp³-hybridized carbons (Fsp3) is 0. The first-order valence-electron chi connectivity index (χ1n) is 13.9. The lowest BCUT2D eigenvalue weighted by atomic mass is 9.88. The van der Waals surface area contributed by atoms with Crippen LogP contribution < -0.4 is 0 Å². The Morgan fingerprint density at radius 1 is 0.349 bits per heavy atom. The van der Waals surface area contributed by atoms with E-state index in [0.29, 0.717) is 0 Å². The molecule has 0 aliphatic rings. The predicted octanol–water partition coefficient (Wildman–Crippen LogP) is 9.87. The maximum Gasteiger partial charge on any atom is 0.0346 e. The number of nitrogens with zero attached hydrogens (tertiary/aromatic N) is 4. The van der Waals surface area contributed by atoms with Gasteiger partial charge in [0.05, 0.1) is 0 Å². The molecule has 0 atom stereocenters. The molecule has 4 heterocycles. The summed E-state index contributed by atoms with van der Waals surface area (Å²) in [6, 6.07) is 36.4. The number of hydrogen-bond acceptors (Lipinski definition) is 4. The van der Waals surface area contributed by atoms with Crippen molar-refractivity contribution in [2.75, 3.05) is 0 Å². The normalized spacial score (nSPS) is 10.9. The van der Waals surface area contributed by atoms with Gasteiger partial charge < -0.3 is 0 Å². The third kappa shape index (κ3) is 5.72. The Labute approximate surface area is 264 Å². The van der Waals surface area contributed by atoms with E-state index in [4.69, 9.17) is 0 Å². The molecule has 5 heteroatoms. The molecule has 43 heavy (non-hydrogen) atoms. The maximum atomic E-state index is 4.40. The highest BCUT2D eigenvalue weighted by Gasteiger charge is 2.16. The second kappa shape index (κ2) is 12.1. The van der Waals surface area contributed by atoms with Gasteiger partial charge in [-0.2, -0.15) is 0 Å². The lowest BCUT2D eigenvalue weighted by Crippen LogP contribution is -1.93. The molecule has 0 aliphatic carbocycles. The third-order valence-electron chi connectivity index (χ3n) is 7.46. The van der Waals surface area contributed by atoms with Gasteiger partial charge in [0.25, 0.3) is 0 Å². The maximum absolute atomic E-state index is 4.40. The Morgan fingerprint density at radius 2 is 0.721 bits per heavy atom. The van der Waals surface area contributed by atoms with Crippen molar-refractivity contribution in [2.24, 2.45) is 0 Å². The lowest BCUT2D eigenvalue weighted by Gasteiger charge is -2.17. The van der Waals surface area contributed by atoms with E-state index in [1.807, 2.05) is 73.8 Å². The first-order chi connectivity index (χ1) is 21.2. The molecule has 0 saturated heterocycles. The molecule has 4 nitrogen and oxygen atoms in total. The summed E-state index contributed by atoms with van der Waals surface area (Å²) in [7, 11) is 0. The molecule has 3 aromatic carbocycles. The van der Waals surface area contributed by atoms with Gasteiger partial charge in [0.15, 0.2) is 0 Å². The first kappa shape index (κ1) is 26.9. The van der Waals surface area contributed by atoms with E-state index in [-0.39, 0.29) is 0 Å². The van der Waals surface area contributed by atoms with Crippen molar-refractivity contribution in [3.05, 3.63) is 156 Å². The summed E-state index contributed by atoms with van der Waals surface area (Å²) in [5.41, 5.74) is 13.3. The lowest BCUT2D eigenvalue weighted by molar-refractivity contribution is 1.32. The van der Waals surface area contributed by atoms with Gasteiger partial charge in [-0.3, -0.25) is 19.9 Å². The molecule has 7 rings (SSSR count). The molecule has 0 saturated carbocycles. The summed E-state index contributed by atoms with van der Waals surface area (Å²) in [4.78, 5) is 17.6. The van der Waals surface area contributed by atoms with Crippen LogP contribution in [0.15, 0.2) is 153 Å². The van der Waals surface area contributed by atoms with E-state index in [0.717, 1.165) is 61.2 Å². The van der Waals surface area contributed by atoms with Crippen molar-refractivity contribution in [3.8, 4) is 66.8 Å². The molecular formula is C38H25IN4. The van der Waals surface area contributed by atoms with Crippen LogP contribution in [0.3, 0.4) is 0 Å². The zero-order chi connectivity index (χ0) is 29.0. The molecule has 0 amide bonds. The highest BCUT2D eigenvalue weighted by molar-refractivity contribution is 14.1. The summed E-state index contributed by atoms with van der Waals surface area (Å²) < 4.78 is 1.17. The molecule has 0 radical (unpaired) electrons. The Balaban J connectivity index is 1.47. The van der Waals surface area contributed by atoms with Gasteiger partial charge in [0.2, 0.25) is 0 Å². The van der Waals surface area contributed by atoms with Crippen molar-refractivity contribution in [1.82, 2.24) is 19.9 Å². The minimum absolute atomic E-state index is 1.07. The third-order valence-corrected chi connectivity index (χ3v) is 8.36. The SMILES string of the molecule is Ic1cccc(-c2cc(-c3cccnc3)cc(-c3cccnc3)c2)c1-c1cc(-c2cccnc2)cc(-c2cccnc2)c1. The number of pyridine rings is 4. The van der Waals surface area contributed by atoms with Crippen molar-refractivity contribution in [2.45, 2.75) is 0 Å². The van der Waals surface area contributed by atoms with Crippen molar-refractivity contribution in [1.29, 1.82) is 0 Å². The van der Waals surface area contributed by atoms with E-state index in [2.05, 4.69) is 121 Å². The van der Waals surface area contributed by atoms with Crippen LogP contribution in [0.1, 0.15) is 0 Å². The number of benzene rings is 3. The number of hydrogen-bond donors (Lipinski definition) is 0. The molecule has 0 N–H and O–H groups in total. The minimum Gasteiger partial charge on any atom is -0.264 e. The average molecular weight is 665 g/mol. The molecular weight excluding hydrogens is 639 g/mol. The Morgan fingerprint density at radius 3 is 1.09 bits per heavy atom. The van der Waals surface area contributed by atoms with Gasteiger partial charge in [0, 0.05) is 81.0 Å². The monoisotopic (exact) mass is 664 g/mol. The van der Waals surface area contributed by atoms with E-state index >= 15 is 0 Å². The van der Waals surface area contributed by atoms with Gasteiger partial charge in [-0.15, -0.1) is 0 Å². The molecule has 7 aromatic rings. The van der Waals surface area contributed by atoms with Gasteiger partial charge in [-0.25, -0.2) is 0 Å². The highest BCUT2D eigenvalue weighted by atomic mass is 127. The van der Waals surface area contributed by atoms with Crippen LogP contribution in [0.5, 0.6) is 0 Å². The van der Waals surface area contributed by atoms with Crippen LogP contribution in [0.2, 0.25) is 0 Å². The van der Waals surface area contributed by atoms with Crippen molar-refractivity contribution >= 4 is 22.6 Å². The van der Waals surface area contributed by atoms with E-state index in [9.17, 15) is 0 Å². The molecule has 0 bridgehead atoms. The van der Waals surface area contributed by atoms with Crippen molar-refractivity contribution < 1.29 is 0 Å². The van der Waals surface area contributed by atoms with Crippen LogP contribution in [0.25, 0.3) is 66.8 Å². The zero-order valence-electron chi connectivity index (χ0n) is 23.1. The van der Waals surface area contributed by atoms with Crippen LogP contribution in [0.4, 0.5) is 0 Å². The van der Waals surface area contributed by atoms with Gasteiger partial charge in [0.1, 0.15) is 0 Å². The van der Waals surface area contributed by atoms with Gasteiger partial charge >= 0.3 is 0 Å². The van der Waals surface area contributed by atoms with E-state index in [1.54, 1.807) is 0 Å². The van der Waals surface area contributed by atoms with Gasteiger partial charge in [-0.1, -0.05) is 36.4 Å². The molecule has 0 fully saturated rings. The fourth-order valence-corrected chi connectivity index (χ4v) is 6.22. The standard InChI is InChI=1S/C38H25IN4/c39-37-11-1-10-36(34-18-30(26-6-2-12-40-22-26)16-31(19-34)27-7-3-13-41-23-27)38(37)35-20-32(28-8-4-14-42-24-28)17-33(21-35)29-9-5-15-43-25-29/h1-25H. The Hall–Kier alpha value is -5.01. The molecule has 4 aromatic heterocycles. The van der Waals surface area contributed by atoms with Crippen LogP contribution in [-0.4, -0.2) is 19.9 Å². The predicted molar refractivity (Wildman–Crippen MR) is 183 cm³/mol. The first-order valence-corrected chi connectivity index (χ1v) is 15.0. The Bertz CT molecular complexity index is 1900. The minimum atomic E-state index is 1.07. The second-order valence-corrected chi connectivity index (χ2v) is 11.4. The smallest absolute Gasteiger partial charge is 0.0346 e. The second-order valence-electron chi connectivity index (χ2n) is 10.2. The summed E-state index contributed by atoms with van der Waals surface area (Å²) in [5.74, 6) is 0. The molecule has 204 valence electrons. The van der Waals surface area contributed by atoms with Crippen LogP contribution >= 0.6 is 22.6 Å². The highest BCUT2D eigenvalue weighted by Crippen LogP contribution is 2.42. The summed E-state index contributed by atoms with van der Waals surface area (Å²) in [6.07, 6.45) is 14.9. The molecule has 0 aliphatic heterocycles. The summed E-state index contributed by atoms with van der Waals surface area (Å²) in [5, 5.41) is 0. The summed E-state index contributed by atoms with van der Waals surface area (Å²) >= 11 is 2.46. The number of rotatable bonds is 6. The van der Waals surface area contributed by atoms with E-state index < -0.39 is 0 Å². The van der Waals surface area contributed by atoms with Gasteiger partial charge in [-0.05, 0) is 128 Å². The van der Waals surface area contributed by atoms with E-state index in [1.165, 1.54) is 9.13 Å². The fourth-order valence-electron chi connectivity index (χ4n) is 5.41. The topological polar surface area (TPSA) is 51.6 Å². The Kier molecular flexibility index (Phi) is 7.54. The summed E-state index contributed by atoms with van der Waals surface area (Å²) in [6.45, 7) is 0. The van der Waals surface area contributed by atoms with Crippen LogP contribution in [-0.2, 0) is 0 Å². The van der Waals surface area contributed by atoms with Crippen molar-refractivity contribution in [3.63, 3.8) is 0 Å². The number of aromatic nitrogens is 4. The quantitative estimate of drug-likeness (QED) is 0.166. The molecule has 0 spiro atoms. The molecule has 0 unspecified atom stereocenters. The van der Waals surface area contributed by atoms with Crippen LogP contribution in [0, 0.1) is 3.57 Å². The average Bonchev–Trinajstić information content (AvgIpc) is 3.09. The largest absolute Gasteiger partial charge is 0.264 e. The number of halogens is 1. The zero-order valence-corrected chi connectivity index (χ0v) is 25.3.